The van der Waals surface area contributed by atoms with Gasteiger partial charge in [-0.15, -0.1) is 0 Å². The van der Waals surface area contributed by atoms with Crippen LogP contribution in [0, 0.1) is 0 Å². The summed E-state index contributed by atoms with van der Waals surface area (Å²) in [6.45, 7) is 0. The summed E-state index contributed by atoms with van der Waals surface area (Å²) in [7, 11) is 0. The molecule has 12 heavy (non-hydrogen) atoms. The number of carbonyl (C=O) groups is 1. The van der Waals surface area contributed by atoms with Crippen molar-refractivity contribution in [3.05, 3.63) is 24.3 Å². The topological polar surface area (TPSA) is 107 Å². The number of nitrogens with one attached hydrogen (secondary N) is 1. The molecule has 1 heterocycles. The molecule has 0 saturated heterocycles. The van der Waals surface area contributed by atoms with Gasteiger partial charge in [0.05, 0.1) is 6.20 Å². The zero-order valence-corrected chi connectivity index (χ0v) is 7.04. The minimum atomic E-state index is -0.659. The van der Waals surface area contributed by atoms with Crippen molar-refractivity contribution in [1.29, 1.82) is 0 Å². The van der Waals surface area contributed by atoms with Crippen LogP contribution < -0.4 is 5.48 Å². The van der Waals surface area contributed by atoms with E-state index in [1.165, 1.54) is 24.1 Å². The Kier molecular flexibility index (Phi) is 7.56. The third-order valence-electron chi connectivity index (χ3n) is 0.897. The van der Waals surface area contributed by atoms with Gasteiger partial charge in [-0.3, -0.25) is 15.0 Å². The van der Waals surface area contributed by atoms with Crippen molar-refractivity contribution in [2.45, 2.75) is 0 Å². The van der Waals surface area contributed by atoms with Gasteiger partial charge in [-0.05, 0) is 0 Å². The van der Waals surface area contributed by atoms with Gasteiger partial charge in [-0.1, -0.05) is 0 Å². The minimum absolute atomic E-state index is 0. The van der Waals surface area contributed by atoms with Gasteiger partial charge in [0.1, 0.15) is 5.69 Å². The number of nitrogens with zero attached hydrogens (tertiary/aromatic N) is 2. The van der Waals surface area contributed by atoms with Gasteiger partial charge in [-0.25, -0.2) is 10.5 Å². The van der Waals surface area contributed by atoms with Crippen molar-refractivity contribution >= 4 is 5.91 Å². The SMILES string of the molecule is O.O=C(NO)c1cnccn1.[Mn]. The van der Waals surface area contributed by atoms with E-state index in [1.807, 2.05) is 0 Å². The van der Waals surface area contributed by atoms with Crippen LogP contribution in [0.4, 0.5) is 0 Å². The second-order valence-corrected chi connectivity index (χ2v) is 1.53. The van der Waals surface area contributed by atoms with Gasteiger partial charge in [0.25, 0.3) is 5.91 Å². The van der Waals surface area contributed by atoms with E-state index in [-0.39, 0.29) is 28.2 Å². The van der Waals surface area contributed by atoms with Gasteiger partial charge in [0.2, 0.25) is 0 Å². The predicted octanol–water partition coefficient (Wildman–Crippen LogP) is -1.23. The Morgan fingerprint density at radius 2 is 2.17 bits per heavy atom. The van der Waals surface area contributed by atoms with Crippen molar-refractivity contribution < 1.29 is 32.5 Å². The second-order valence-electron chi connectivity index (χ2n) is 1.53. The smallest absolute Gasteiger partial charge is 0.294 e. The molecule has 0 aliphatic rings. The van der Waals surface area contributed by atoms with E-state index in [0.717, 1.165) is 0 Å². The van der Waals surface area contributed by atoms with Crippen LogP contribution in [0.15, 0.2) is 18.6 Å². The molecule has 1 aromatic heterocycles. The van der Waals surface area contributed by atoms with Crippen LogP contribution in [0.2, 0.25) is 0 Å². The monoisotopic (exact) mass is 212 g/mol. The van der Waals surface area contributed by atoms with Crippen LogP contribution in [0.3, 0.4) is 0 Å². The number of carbonyl (C=O) groups excluding carboxylic acids is 1. The fourth-order valence-electron chi connectivity index (χ4n) is 0.474. The fourth-order valence-corrected chi connectivity index (χ4v) is 0.474. The van der Waals surface area contributed by atoms with Crippen LogP contribution in [0.25, 0.3) is 0 Å². The second kappa shape index (κ2) is 6.68. The standard InChI is InChI=1S/C5H5N3O2.Mn.H2O/c9-5(8-10)4-3-6-1-2-7-4;;/h1-3,10H,(H,8,9);;1H2. The van der Waals surface area contributed by atoms with Gasteiger partial charge in [-0.2, -0.15) is 0 Å². The Bertz CT molecular complexity index is 231. The Hall–Kier alpha value is -1.01. The molecular weight excluding hydrogens is 205 g/mol. The van der Waals surface area contributed by atoms with Crippen molar-refractivity contribution in [2.24, 2.45) is 0 Å². The van der Waals surface area contributed by atoms with Gasteiger partial charge < -0.3 is 5.48 Å². The van der Waals surface area contributed by atoms with E-state index in [4.69, 9.17) is 5.21 Å². The molecule has 67 valence electrons. The van der Waals surface area contributed by atoms with E-state index < -0.39 is 5.91 Å². The summed E-state index contributed by atoms with van der Waals surface area (Å²) in [4.78, 5) is 17.8. The van der Waals surface area contributed by atoms with Gasteiger partial charge in [0, 0.05) is 29.5 Å². The summed E-state index contributed by atoms with van der Waals surface area (Å²) >= 11 is 0. The van der Waals surface area contributed by atoms with Gasteiger partial charge in [0.15, 0.2) is 0 Å². The summed E-state index contributed by atoms with van der Waals surface area (Å²) in [5, 5.41) is 8.12. The van der Waals surface area contributed by atoms with Crippen molar-refractivity contribution in [3.8, 4) is 0 Å². The predicted molar refractivity (Wildman–Crippen MR) is 34.9 cm³/mol. The maximum Gasteiger partial charge on any atom is 0.294 e. The molecule has 0 bridgehead atoms. The maximum atomic E-state index is 10.5. The summed E-state index contributed by atoms with van der Waals surface area (Å²) in [5.41, 5.74) is 1.53. The molecule has 4 N–H and O–H groups in total. The Morgan fingerprint density at radius 1 is 1.50 bits per heavy atom. The molecule has 1 radical (unpaired) electrons. The molecule has 0 aliphatic heterocycles. The first kappa shape index (κ1) is 13.6. The van der Waals surface area contributed by atoms with Crippen molar-refractivity contribution in [3.63, 3.8) is 0 Å². The first-order chi connectivity index (χ1) is 4.84. The molecule has 1 amide bonds. The number of amides is 1. The first-order valence-corrected chi connectivity index (χ1v) is 2.55. The fraction of sp³-hybridized carbons (Fsp3) is 0. The maximum absolute atomic E-state index is 10.5. The largest absolute Gasteiger partial charge is 0.412 e. The third-order valence-corrected chi connectivity index (χ3v) is 0.897. The molecular formula is C5H7MnN3O3. The number of aromatic nitrogens is 2. The van der Waals surface area contributed by atoms with Gasteiger partial charge >= 0.3 is 0 Å². The number of hydrogen-bond donors (Lipinski definition) is 2. The Morgan fingerprint density at radius 3 is 2.58 bits per heavy atom. The van der Waals surface area contributed by atoms with Crippen LogP contribution in [0.1, 0.15) is 10.5 Å². The average Bonchev–Trinajstić information content (AvgIpc) is 2.05. The number of rotatable bonds is 1. The molecule has 6 nitrogen and oxygen atoms in total. The van der Waals surface area contributed by atoms with E-state index in [2.05, 4.69) is 9.97 Å². The minimum Gasteiger partial charge on any atom is -0.412 e. The Labute approximate surface area is 78.8 Å². The summed E-state index contributed by atoms with van der Waals surface area (Å²) in [5.74, 6) is -0.659. The normalized spacial score (nSPS) is 7.42. The van der Waals surface area contributed by atoms with E-state index >= 15 is 0 Å². The van der Waals surface area contributed by atoms with E-state index in [9.17, 15) is 4.79 Å². The molecule has 0 spiro atoms. The molecule has 0 saturated carbocycles. The van der Waals surface area contributed by atoms with Crippen LogP contribution in [-0.4, -0.2) is 26.6 Å². The van der Waals surface area contributed by atoms with E-state index in [1.54, 1.807) is 0 Å². The number of hydroxylamine groups is 1. The molecule has 0 aliphatic carbocycles. The molecule has 0 unspecified atom stereocenters. The quantitative estimate of drug-likeness (QED) is 0.345. The first-order valence-electron chi connectivity index (χ1n) is 2.55. The molecule has 0 fully saturated rings. The molecule has 1 aromatic rings. The third kappa shape index (κ3) is 3.40. The molecule has 0 aromatic carbocycles. The average molecular weight is 212 g/mol. The van der Waals surface area contributed by atoms with Crippen LogP contribution in [0.5, 0.6) is 0 Å². The summed E-state index contributed by atoms with van der Waals surface area (Å²) < 4.78 is 0. The molecule has 1 rings (SSSR count). The molecule has 0 atom stereocenters. The van der Waals surface area contributed by atoms with Crippen molar-refractivity contribution in [1.82, 2.24) is 15.4 Å². The zero-order valence-electron chi connectivity index (χ0n) is 5.86. The zero-order chi connectivity index (χ0) is 7.40. The number of hydrogen-bond acceptors (Lipinski definition) is 4. The Balaban J connectivity index is 0. The molecule has 7 heteroatoms. The van der Waals surface area contributed by atoms with Crippen LogP contribution in [-0.2, 0) is 17.1 Å². The van der Waals surface area contributed by atoms with Crippen LogP contribution >= 0.6 is 0 Å². The van der Waals surface area contributed by atoms with Crippen molar-refractivity contribution in [2.75, 3.05) is 0 Å². The summed E-state index contributed by atoms with van der Waals surface area (Å²) in [6, 6.07) is 0. The van der Waals surface area contributed by atoms with E-state index in [0.29, 0.717) is 0 Å². The summed E-state index contributed by atoms with van der Waals surface area (Å²) in [6.07, 6.45) is 4.06.